The minimum absolute atomic E-state index is 0. The Morgan fingerprint density at radius 3 is 2.64 bits per heavy atom. The number of fused-ring (bicyclic) bond motifs is 1. The van der Waals surface area contributed by atoms with Gasteiger partial charge in [-0.2, -0.15) is 13.2 Å². The predicted molar refractivity (Wildman–Crippen MR) is 76.6 cm³/mol. The minimum atomic E-state index is -4.44. The highest BCUT2D eigenvalue weighted by molar-refractivity contribution is 5.88. The molecule has 2 fully saturated rings. The highest BCUT2D eigenvalue weighted by atomic mass is 35.5. The first-order valence-corrected chi connectivity index (χ1v) is 7.16. The van der Waals surface area contributed by atoms with E-state index in [0.29, 0.717) is 6.54 Å². The van der Waals surface area contributed by atoms with Gasteiger partial charge in [-0.3, -0.25) is 9.59 Å². The van der Waals surface area contributed by atoms with Crippen LogP contribution in [0.2, 0.25) is 0 Å². The van der Waals surface area contributed by atoms with Crippen LogP contribution in [0.1, 0.15) is 25.7 Å². The number of rotatable bonds is 4. The van der Waals surface area contributed by atoms with E-state index >= 15 is 0 Å². The van der Waals surface area contributed by atoms with E-state index in [9.17, 15) is 22.8 Å². The Morgan fingerprint density at radius 2 is 1.95 bits per heavy atom. The number of hydrogen-bond donors (Lipinski definition) is 3. The second kappa shape index (κ2) is 7.50. The summed E-state index contributed by atoms with van der Waals surface area (Å²) in [7, 11) is 0. The molecule has 22 heavy (non-hydrogen) atoms. The molecule has 0 radical (unpaired) electrons. The van der Waals surface area contributed by atoms with Gasteiger partial charge in [0.05, 0.1) is 12.0 Å². The fourth-order valence-corrected chi connectivity index (χ4v) is 3.29. The molecule has 1 aliphatic heterocycles. The van der Waals surface area contributed by atoms with Gasteiger partial charge < -0.3 is 16.0 Å². The molecule has 1 saturated heterocycles. The summed E-state index contributed by atoms with van der Waals surface area (Å²) in [6, 6.07) is 0. The molecule has 3 N–H and O–H groups in total. The van der Waals surface area contributed by atoms with Crippen LogP contribution in [0.4, 0.5) is 13.2 Å². The second-order valence-corrected chi connectivity index (χ2v) is 5.80. The van der Waals surface area contributed by atoms with Crippen LogP contribution in [0.15, 0.2) is 0 Å². The maximum Gasteiger partial charge on any atom is 0.405 e. The normalized spacial score (nSPS) is 27.5. The molecule has 2 aliphatic rings. The van der Waals surface area contributed by atoms with Gasteiger partial charge in [0.25, 0.3) is 0 Å². The van der Waals surface area contributed by atoms with Gasteiger partial charge >= 0.3 is 6.18 Å². The SMILES string of the molecule is Cl.O=C(CNC(=O)[C@@]12CCCC[C@H]1CNC2)NCC(F)(F)F. The van der Waals surface area contributed by atoms with Crippen molar-refractivity contribution in [3.8, 4) is 0 Å². The van der Waals surface area contributed by atoms with Gasteiger partial charge in [0, 0.05) is 6.54 Å². The molecule has 0 aromatic heterocycles. The van der Waals surface area contributed by atoms with Crippen LogP contribution in [0.3, 0.4) is 0 Å². The fourth-order valence-electron chi connectivity index (χ4n) is 3.29. The monoisotopic (exact) mass is 343 g/mol. The number of amides is 2. The molecule has 9 heteroatoms. The molecular weight excluding hydrogens is 323 g/mol. The molecule has 0 spiro atoms. The molecule has 0 bridgehead atoms. The third-order valence-electron chi connectivity index (χ3n) is 4.39. The summed E-state index contributed by atoms with van der Waals surface area (Å²) in [6.45, 7) is -0.429. The quantitative estimate of drug-likeness (QED) is 0.713. The summed E-state index contributed by atoms with van der Waals surface area (Å²) < 4.78 is 35.9. The Kier molecular flexibility index (Phi) is 6.49. The van der Waals surface area contributed by atoms with Crippen LogP contribution in [0.25, 0.3) is 0 Å². The van der Waals surface area contributed by atoms with Gasteiger partial charge in [-0.25, -0.2) is 0 Å². The standard InChI is InChI=1S/C13H20F3N3O2.ClH/c14-13(15,16)8-19-10(20)6-18-11(21)12-4-2-1-3-9(12)5-17-7-12;/h9,17H,1-8H2,(H,18,21)(H,19,20);1H/t9-,12+;/m0./s1. The molecule has 0 unspecified atom stereocenters. The molecule has 0 aromatic carbocycles. The minimum Gasteiger partial charge on any atom is -0.347 e. The first-order valence-electron chi connectivity index (χ1n) is 7.16. The van der Waals surface area contributed by atoms with E-state index in [1.54, 1.807) is 5.32 Å². The van der Waals surface area contributed by atoms with Gasteiger partial charge in [-0.1, -0.05) is 12.8 Å². The Hall–Kier alpha value is -1.02. The predicted octanol–water partition coefficient (Wildman–Crippen LogP) is 0.983. The number of carbonyl (C=O) groups excluding carboxylic acids is 2. The van der Waals surface area contributed by atoms with Gasteiger partial charge in [0.1, 0.15) is 6.54 Å². The molecule has 128 valence electrons. The highest BCUT2D eigenvalue weighted by Crippen LogP contribution is 2.43. The fraction of sp³-hybridized carbons (Fsp3) is 0.846. The average Bonchev–Trinajstić information content (AvgIpc) is 2.86. The lowest BCUT2D eigenvalue weighted by Crippen LogP contribution is -2.50. The van der Waals surface area contributed by atoms with Crippen LogP contribution >= 0.6 is 12.4 Å². The molecule has 1 saturated carbocycles. The van der Waals surface area contributed by atoms with E-state index in [1.165, 1.54) is 0 Å². The number of alkyl halides is 3. The molecular formula is C13H21ClF3N3O2. The highest BCUT2D eigenvalue weighted by Gasteiger charge is 2.49. The number of halogens is 4. The topological polar surface area (TPSA) is 70.2 Å². The van der Waals surface area contributed by atoms with Crippen molar-refractivity contribution in [1.29, 1.82) is 0 Å². The molecule has 0 aromatic rings. The summed E-state index contributed by atoms with van der Waals surface area (Å²) in [5.41, 5.74) is -0.497. The van der Waals surface area contributed by atoms with Crippen LogP contribution in [-0.2, 0) is 9.59 Å². The van der Waals surface area contributed by atoms with E-state index in [4.69, 9.17) is 0 Å². The van der Waals surface area contributed by atoms with E-state index in [1.807, 2.05) is 0 Å². The first kappa shape index (κ1) is 19.0. The lowest BCUT2D eigenvalue weighted by Gasteiger charge is -2.37. The van der Waals surface area contributed by atoms with Crippen molar-refractivity contribution in [1.82, 2.24) is 16.0 Å². The Balaban J connectivity index is 0.00000242. The molecule has 1 heterocycles. The van der Waals surface area contributed by atoms with Gasteiger partial charge in [-0.05, 0) is 25.3 Å². The summed E-state index contributed by atoms with van der Waals surface area (Å²) in [5, 5.41) is 7.44. The van der Waals surface area contributed by atoms with Crippen molar-refractivity contribution in [2.24, 2.45) is 11.3 Å². The van der Waals surface area contributed by atoms with Crippen molar-refractivity contribution in [3.63, 3.8) is 0 Å². The Labute approximate surface area is 133 Å². The Morgan fingerprint density at radius 1 is 1.23 bits per heavy atom. The summed E-state index contributed by atoms with van der Waals surface area (Å²) >= 11 is 0. The molecule has 1 aliphatic carbocycles. The number of hydrogen-bond acceptors (Lipinski definition) is 3. The zero-order valence-corrected chi connectivity index (χ0v) is 12.9. The van der Waals surface area contributed by atoms with Crippen LogP contribution in [-0.4, -0.2) is 44.2 Å². The van der Waals surface area contributed by atoms with E-state index < -0.39 is 30.6 Å². The molecule has 2 atom stereocenters. The summed E-state index contributed by atoms with van der Waals surface area (Å²) in [5.74, 6) is -0.792. The number of carbonyl (C=O) groups is 2. The van der Waals surface area contributed by atoms with Gasteiger partial charge in [0.2, 0.25) is 11.8 Å². The van der Waals surface area contributed by atoms with E-state index in [2.05, 4.69) is 10.6 Å². The van der Waals surface area contributed by atoms with E-state index in [-0.39, 0.29) is 24.2 Å². The largest absolute Gasteiger partial charge is 0.405 e. The van der Waals surface area contributed by atoms with E-state index in [0.717, 1.165) is 32.2 Å². The smallest absolute Gasteiger partial charge is 0.347 e. The van der Waals surface area contributed by atoms with Crippen molar-refractivity contribution < 1.29 is 22.8 Å². The molecule has 2 rings (SSSR count). The second-order valence-electron chi connectivity index (χ2n) is 5.80. The van der Waals surface area contributed by atoms with Crippen molar-refractivity contribution in [2.45, 2.75) is 31.9 Å². The van der Waals surface area contributed by atoms with Crippen molar-refractivity contribution in [3.05, 3.63) is 0 Å². The summed E-state index contributed by atoms with van der Waals surface area (Å²) in [4.78, 5) is 23.7. The third kappa shape index (κ3) is 4.49. The number of nitrogens with one attached hydrogen (secondary N) is 3. The maximum absolute atomic E-state index is 12.4. The third-order valence-corrected chi connectivity index (χ3v) is 4.39. The molecule has 2 amide bonds. The Bertz CT molecular complexity index is 420. The van der Waals surface area contributed by atoms with Crippen LogP contribution < -0.4 is 16.0 Å². The zero-order valence-electron chi connectivity index (χ0n) is 12.1. The van der Waals surface area contributed by atoms with Crippen LogP contribution in [0, 0.1) is 11.3 Å². The van der Waals surface area contributed by atoms with Crippen molar-refractivity contribution >= 4 is 24.2 Å². The molecule has 5 nitrogen and oxygen atoms in total. The lowest BCUT2D eigenvalue weighted by atomic mass is 9.67. The van der Waals surface area contributed by atoms with Gasteiger partial charge in [-0.15, -0.1) is 12.4 Å². The average molecular weight is 344 g/mol. The van der Waals surface area contributed by atoms with Crippen LogP contribution in [0.5, 0.6) is 0 Å². The van der Waals surface area contributed by atoms with Crippen molar-refractivity contribution in [2.75, 3.05) is 26.2 Å². The summed E-state index contributed by atoms with van der Waals surface area (Å²) in [6.07, 6.45) is -0.650. The van der Waals surface area contributed by atoms with Gasteiger partial charge in [0.15, 0.2) is 0 Å². The lowest BCUT2D eigenvalue weighted by molar-refractivity contribution is -0.140. The zero-order chi connectivity index (χ0) is 15.5. The maximum atomic E-state index is 12.4. The first-order chi connectivity index (χ1) is 9.83.